The van der Waals surface area contributed by atoms with E-state index in [-0.39, 0.29) is 11.9 Å². The monoisotopic (exact) mass is 183 g/mol. The fourth-order valence-electron chi connectivity index (χ4n) is 1.33. The van der Waals surface area contributed by atoms with Crippen molar-refractivity contribution in [3.8, 4) is 0 Å². The van der Waals surface area contributed by atoms with Crippen molar-refractivity contribution in [1.29, 1.82) is 0 Å². The standard InChI is InChI=1S/C7H9N3O3/c1-5-3-9-6(4-13-5)2-7(8-9)10(11)12/h2,5H,3-4H2,1H3. The van der Waals surface area contributed by atoms with Crippen molar-refractivity contribution in [2.24, 2.45) is 0 Å². The molecule has 0 N–H and O–H groups in total. The van der Waals surface area contributed by atoms with E-state index in [1.807, 2.05) is 6.92 Å². The summed E-state index contributed by atoms with van der Waals surface area (Å²) in [5.74, 6) is -0.104. The van der Waals surface area contributed by atoms with Crippen LogP contribution in [0.5, 0.6) is 0 Å². The Morgan fingerprint density at radius 1 is 1.85 bits per heavy atom. The van der Waals surface area contributed by atoms with Crippen LogP contribution in [0.1, 0.15) is 12.6 Å². The normalized spacial score (nSPS) is 21.2. The van der Waals surface area contributed by atoms with Gasteiger partial charge in [-0.25, -0.2) is 0 Å². The smallest absolute Gasteiger partial charge is 0.370 e. The molecule has 0 aromatic carbocycles. The first-order valence-electron chi connectivity index (χ1n) is 3.99. The van der Waals surface area contributed by atoms with Crippen LogP contribution in [-0.2, 0) is 17.9 Å². The summed E-state index contributed by atoms with van der Waals surface area (Å²) in [4.78, 5) is 9.90. The van der Waals surface area contributed by atoms with E-state index in [9.17, 15) is 10.1 Å². The molecule has 0 saturated carbocycles. The van der Waals surface area contributed by atoms with E-state index in [1.54, 1.807) is 4.68 Å². The van der Waals surface area contributed by atoms with E-state index < -0.39 is 4.92 Å². The van der Waals surface area contributed by atoms with Gasteiger partial charge in [0.05, 0.1) is 36.1 Å². The number of hydrogen-bond donors (Lipinski definition) is 0. The molecule has 0 amide bonds. The van der Waals surface area contributed by atoms with Crippen LogP contribution < -0.4 is 0 Å². The zero-order chi connectivity index (χ0) is 9.42. The molecule has 2 rings (SSSR count). The van der Waals surface area contributed by atoms with Crippen molar-refractivity contribution in [2.75, 3.05) is 0 Å². The van der Waals surface area contributed by atoms with Gasteiger partial charge in [0, 0.05) is 0 Å². The largest absolute Gasteiger partial charge is 0.390 e. The molecule has 1 aromatic rings. The first-order chi connectivity index (χ1) is 6.16. The fourth-order valence-corrected chi connectivity index (χ4v) is 1.33. The van der Waals surface area contributed by atoms with Gasteiger partial charge >= 0.3 is 5.82 Å². The van der Waals surface area contributed by atoms with Gasteiger partial charge in [0.25, 0.3) is 0 Å². The molecule has 70 valence electrons. The molecule has 0 radical (unpaired) electrons. The summed E-state index contributed by atoms with van der Waals surface area (Å²) < 4.78 is 6.95. The lowest BCUT2D eigenvalue weighted by molar-refractivity contribution is -0.389. The molecule has 1 aliphatic rings. The Labute approximate surface area is 74.3 Å². The SMILES string of the molecule is CC1Cn2nc([N+](=O)[O-])cc2CO1. The average Bonchev–Trinajstić information content (AvgIpc) is 2.46. The Morgan fingerprint density at radius 2 is 2.62 bits per heavy atom. The minimum absolute atomic E-state index is 0.0759. The van der Waals surface area contributed by atoms with Crippen LogP contribution in [-0.4, -0.2) is 20.8 Å². The van der Waals surface area contributed by atoms with Crippen LogP contribution in [0, 0.1) is 10.1 Å². The van der Waals surface area contributed by atoms with Gasteiger partial charge < -0.3 is 14.9 Å². The van der Waals surface area contributed by atoms with E-state index in [0.29, 0.717) is 13.2 Å². The second kappa shape index (κ2) is 2.81. The number of nitro groups is 1. The lowest BCUT2D eigenvalue weighted by atomic mass is 10.3. The van der Waals surface area contributed by atoms with Crippen molar-refractivity contribution < 1.29 is 9.66 Å². The number of hydrogen-bond acceptors (Lipinski definition) is 4. The maximum atomic E-state index is 10.4. The van der Waals surface area contributed by atoms with Crippen molar-refractivity contribution in [3.05, 3.63) is 21.9 Å². The van der Waals surface area contributed by atoms with Crippen LogP contribution in [0.4, 0.5) is 5.82 Å². The molecule has 1 unspecified atom stereocenters. The summed E-state index contributed by atoms with van der Waals surface area (Å²) in [5, 5.41) is 14.2. The second-order valence-corrected chi connectivity index (χ2v) is 3.05. The molecule has 6 nitrogen and oxygen atoms in total. The van der Waals surface area contributed by atoms with Crippen molar-refractivity contribution in [1.82, 2.24) is 9.78 Å². The van der Waals surface area contributed by atoms with Gasteiger partial charge in [0.2, 0.25) is 0 Å². The zero-order valence-corrected chi connectivity index (χ0v) is 7.14. The Balaban J connectivity index is 2.33. The molecule has 1 atom stereocenters. The summed E-state index contributed by atoms with van der Waals surface area (Å²) >= 11 is 0. The lowest BCUT2D eigenvalue weighted by Crippen LogP contribution is -2.24. The minimum atomic E-state index is -0.490. The van der Waals surface area contributed by atoms with Gasteiger partial charge in [-0.2, -0.15) is 4.68 Å². The van der Waals surface area contributed by atoms with Gasteiger partial charge in [-0.3, -0.25) is 0 Å². The number of ether oxygens (including phenoxy) is 1. The highest BCUT2D eigenvalue weighted by molar-refractivity contribution is 5.22. The van der Waals surface area contributed by atoms with Gasteiger partial charge in [-0.15, -0.1) is 0 Å². The molecule has 0 spiro atoms. The average molecular weight is 183 g/mol. The van der Waals surface area contributed by atoms with Gasteiger partial charge in [-0.05, 0) is 11.8 Å². The number of fused-ring (bicyclic) bond motifs is 1. The zero-order valence-electron chi connectivity index (χ0n) is 7.14. The summed E-state index contributed by atoms with van der Waals surface area (Å²) in [6.45, 7) is 2.90. The molecule has 6 heteroatoms. The van der Waals surface area contributed by atoms with Crippen molar-refractivity contribution in [3.63, 3.8) is 0 Å². The highest BCUT2D eigenvalue weighted by atomic mass is 16.6. The summed E-state index contributed by atoms with van der Waals surface area (Å²) in [6, 6.07) is 1.45. The molecular formula is C7H9N3O3. The summed E-state index contributed by atoms with van der Waals surface area (Å²) in [5.41, 5.74) is 0.768. The van der Waals surface area contributed by atoms with Crippen LogP contribution >= 0.6 is 0 Å². The highest BCUT2D eigenvalue weighted by Gasteiger charge is 2.23. The highest BCUT2D eigenvalue weighted by Crippen LogP contribution is 2.18. The molecule has 0 fully saturated rings. The number of nitrogens with zero attached hydrogens (tertiary/aromatic N) is 3. The Kier molecular flexibility index (Phi) is 1.77. The van der Waals surface area contributed by atoms with Gasteiger partial charge in [0.1, 0.15) is 0 Å². The van der Waals surface area contributed by atoms with Gasteiger partial charge in [-0.1, -0.05) is 0 Å². The third-order valence-electron chi connectivity index (χ3n) is 1.98. The minimum Gasteiger partial charge on any atom is -0.370 e. The fraction of sp³-hybridized carbons (Fsp3) is 0.571. The van der Waals surface area contributed by atoms with Crippen LogP contribution in [0.25, 0.3) is 0 Å². The van der Waals surface area contributed by atoms with Crippen LogP contribution in [0.2, 0.25) is 0 Å². The number of aromatic nitrogens is 2. The van der Waals surface area contributed by atoms with Crippen LogP contribution in [0.3, 0.4) is 0 Å². The van der Waals surface area contributed by atoms with E-state index in [4.69, 9.17) is 4.74 Å². The third-order valence-corrected chi connectivity index (χ3v) is 1.98. The Morgan fingerprint density at radius 3 is 3.31 bits per heavy atom. The Bertz CT molecular complexity index is 347. The first-order valence-corrected chi connectivity index (χ1v) is 3.99. The Hall–Kier alpha value is -1.43. The maximum Gasteiger partial charge on any atom is 0.390 e. The molecule has 1 aromatic heterocycles. The lowest BCUT2D eigenvalue weighted by Gasteiger charge is -2.17. The summed E-state index contributed by atoms with van der Waals surface area (Å²) in [6.07, 6.45) is 0.0759. The summed E-state index contributed by atoms with van der Waals surface area (Å²) in [7, 11) is 0. The molecule has 0 aliphatic carbocycles. The van der Waals surface area contributed by atoms with E-state index >= 15 is 0 Å². The molecule has 2 heterocycles. The maximum absolute atomic E-state index is 10.4. The predicted molar refractivity (Wildman–Crippen MR) is 43.1 cm³/mol. The van der Waals surface area contributed by atoms with E-state index in [2.05, 4.69) is 5.10 Å². The molecular weight excluding hydrogens is 174 g/mol. The molecule has 0 bridgehead atoms. The molecule has 13 heavy (non-hydrogen) atoms. The van der Waals surface area contributed by atoms with E-state index in [1.165, 1.54) is 6.07 Å². The van der Waals surface area contributed by atoms with Crippen molar-refractivity contribution in [2.45, 2.75) is 26.2 Å². The molecule has 0 saturated heterocycles. The second-order valence-electron chi connectivity index (χ2n) is 3.05. The quantitative estimate of drug-likeness (QED) is 0.475. The first kappa shape index (κ1) is 8.18. The topological polar surface area (TPSA) is 70.2 Å². The third kappa shape index (κ3) is 1.40. The predicted octanol–water partition coefficient (Wildman–Crippen LogP) is 0.710. The van der Waals surface area contributed by atoms with Crippen LogP contribution in [0.15, 0.2) is 6.07 Å². The van der Waals surface area contributed by atoms with Crippen molar-refractivity contribution >= 4 is 5.82 Å². The van der Waals surface area contributed by atoms with Gasteiger partial charge in [0.15, 0.2) is 0 Å². The van der Waals surface area contributed by atoms with E-state index in [0.717, 1.165) is 5.69 Å². The molecule has 1 aliphatic heterocycles. The number of rotatable bonds is 1.